The van der Waals surface area contributed by atoms with Gasteiger partial charge in [0.2, 0.25) is 5.91 Å². The van der Waals surface area contributed by atoms with Gasteiger partial charge in [0.05, 0.1) is 12.2 Å². The van der Waals surface area contributed by atoms with E-state index in [4.69, 9.17) is 4.52 Å². The van der Waals surface area contributed by atoms with Gasteiger partial charge < -0.3 is 15.2 Å². The van der Waals surface area contributed by atoms with Crippen LogP contribution in [0.3, 0.4) is 0 Å². The SMILES string of the molecule is Cc1noc(C)c1CNC(=O)CNC(=O)c1ccccc1. The summed E-state index contributed by atoms with van der Waals surface area (Å²) >= 11 is 0. The molecular formula is C15H17N3O3. The van der Waals surface area contributed by atoms with Crippen molar-refractivity contribution >= 4 is 11.8 Å². The van der Waals surface area contributed by atoms with E-state index in [0.717, 1.165) is 11.3 Å². The number of aryl methyl sites for hydroxylation is 2. The van der Waals surface area contributed by atoms with E-state index in [2.05, 4.69) is 15.8 Å². The van der Waals surface area contributed by atoms with Gasteiger partial charge in [-0.05, 0) is 26.0 Å². The minimum absolute atomic E-state index is 0.0723. The Morgan fingerprint density at radius 2 is 1.86 bits per heavy atom. The van der Waals surface area contributed by atoms with Crippen LogP contribution in [0, 0.1) is 13.8 Å². The first kappa shape index (κ1) is 14.8. The van der Waals surface area contributed by atoms with Gasteiger partial charge in [0.15, 0.2) is 0 Å². The molecule has 1 aromatic carbocycles. The van der Waals surface area contributed by atoms with Crippen molar-refractivity contribution in [3.63, 3.8) is 0 Å². The Balaban J connectivity index is 1.79. The Morgan fingerprint density at radius 3 is 2.48 bits per heavy atom. The fourth-order valence-electron chi connectivity index (χ4n) is 1.86. The molecule has 21 heavy (non-hydrogen) atoms. The molecule has 0 saturated carbocycles. The van der Waals surface area contributed by atoms with Crippen LogP contribution < -0.4 is 10.6 Å². The minimum atomic E-state index is -0.275. The molecule has 110 valence electrons. The van der Waals surface area contributed by atoms with Gasteiger partial charge in [-0.3, -0.25) is 9.59 Å². The summed E-state index contributed by atoms with van der Waals surface area (Å²) in [5.74, 6) is 0.142. The zero-order valence-corrected chi connectivity index (χ0v) is 12.0. The predicted octanol–water partition coefficient (Wildman–Crippen LogP) is 1.34. The maximum atomic E-state index is 11.8. The van der Waals surface area contributed by atoms with Gasteiger partial charge in [-0.1, -0.05) is 23.4 Å². The lowest BCUT2D eigenvalue weighted by molar-refractivity contribution is -0.120. The number of carbonyl (C=O) groups is 2. The Labute approximate surface area is 122 Å². The van der Waals surface area contributed by atoms with Crippen LogP contribution in [0.5, 0.6) is 0 Å². The molecule has 2 rings (SSSR count). The molecule has 6 nitrogen and oxygen atoms in total. The van der Waals surface area contributed by atoms with E-state index in [1.54, 1.807) is 31.2 Å². The second-order valence-electron chi connectivity index (χ2n) is 4.63. The Morgan fingerprint density at radius 1 is 1.14 bits per heavy atom. The maximum absolute atomic E-state index is 11.8. The second-order valence-corrected chi connectivity index (χ2v) is 4.63. The van der Waals surface area contributed by atoms with E-state index in [1.807, 2.05) is 13.0 Å². The average Bonchev–Trinajstić information content (AvgIpc) is 2.82. The molecule has 0 aliphatic rings. The third-order valence-corrected chi connectivity index (χ3v) is 3.09. The molecule has 0 fully saturated rings. The molecule has 0 saturated heterocycles. The quantitative estimate of drug-likeness (QED) is 0.869. The maximum Gasteiger partial charge on any atom is 0.251 e. The number of carbonyl (C=O) groups excluding carboxylic acids is 2. The molecule has 2 N–H and O–H groups in total. The summed E-state index contributed by atoms with van der Waals surface area (Å²) in [6.07, 6.45) is 0. The molecule has 0 aliphatic carbocycles. The van der Waals surface area contributed by atoms with Crippen molar-refractivity contribution < 1.29 is 14.1 Å². The summed E-state index contributed by atoms with van der Waals surface area (Å²) in [5.41, 5.74) is 2.13. The normalized spacial score (nSPS) is 10.2. The number of amides is 2. The van der Waals surface area contributed by atoms with Crippen molar-refractivity contribution in [3.8, 4) is 0 Å². The first-order chi connectivity index (χ1) is 10.1. The second kappa shape index (κ2) is 6.69. The van der Waals surface area contributed by atoms with E-state index in [9.17, 15) is 9.59 Å². The first-order valence-corrected chi connectivity index (χ1v) is 6.59. The van der Waals surface area contributed by atoms with E-state index < -0.39 is 0 Å². The van der Waals surface area contributed by atoms with Crippen LogP contribution >= 0.6 is 0 Å². The molecule has 0 unspecified atom stereocenters. The molecule has 0 atom stereocenters. The van der Waals surface area contributed by atoms with Gasteiger partial charge in [0.25, 0.3) is 5.91 Å². The Bertz CT molecular complexity index is 615. The molecule has 2 aromatic rings. The van der Waals surface area contributed by atoms with Gasteiger partial charge in [-0.15, -0.1) is 0 Å². The van der Waals surface area contributed by atoms with E-state index in [0.29, 0.717) is 17.9 Å². The number of aromatic nitrogens is 1. The largest absolute Gasteiger partial charge is 0.361 e. The van der Waals surface area contributed by atoms with Crippen LogP contribution in [0.25, 0.3) is 0 Å². The van der Waals surface area contributed by atoms with Crippen molar-refractivity contribution in [2.24, 2.45) is 0 Å². The summed E-state index contributed by atoms with van der Waals surface area (Å²) in [6.45, 7) is 3.87. The molecular weight excluding hydrogens is 270 g/mol. The van der Waals surface area contributed by atoms with Crippen molar-refractivity contribution in [3.05, 3.63) is 52.9 Å². The van der Waals surface area contributed by atoms with Crippen LogP contribution in [-0.2, 0) is 11.3 Å². The summed E-state index contributed by atoms with van der Waals surface area (Å²) in [6, 6.07) is 8.75. The van der Waals surface area contributed by atoms with E-state index in [-0.39, 0.29) is 18.4 Å². The van der Waals surface area contributed by atoms with Crippen LogP contribution in [-0.4, -0.2) is 23.5 Å². The van der Waals surface area contributed by atoms with Gasteiger partial charge in [0.1, 0.15) is 5.76 Å². The number of nitrogens with one attached hydrogen (secondary N) is 2. The molecule has 2 amide bonds. The molecule has 0 aliphatic heterocycles. The summed E-state index contributed by atoms with van der Waals surface area (Å²) in [4.78, 5) is 23.5. The lowest BCUT2D eigenvalue weighted by Crippen LogP contribution is -2.36. The van der Waals surface area contributed by atoms with Gasteiger partial charge in [-0.25, -0.2) is 0 Å². The molecule has 1 aromatic heterocycles. The predicted molar refractivity (Wildman–Crippen MR) is 76.6 cm³/mol. The zero-order valence-electron chi connectivity index (χ0n) is 12.0. The monoisotopic (exact) mass is 287 g/mol. The standard InChI is InChI=1S/C15H17N3O3/c1-10-13(11(2)21-18-10)8-16-14(19)9-17-15(20)12-6-4-3-5-7-12/h3-7H,8-9H2,1-2H3,(H,16,19)(H,17,20). The van der Waals surface area contributed by atoms with Gasteiger partial charge in [-0.2, -0.15) is 0 Å². The van der Waals surface area contributed by atoms with Crippen molar-refractivity contribution in [1.29, 1.82) is 0 Å². The van der Waals surface area contributed by atoms with Crippen molar-refractivity contribution in [1.82, 2.24) is 15.8 Å². The molecule has 1 heterocycles. The lowest BCUT2D eigenvalue weighted by Gasteiger charge is -2.06. The highest BCUT2D eigenvalue weighted by Crippen LogP contribution is 2.11. The number of benzene rings is 1. The molecule has 0 bridgehead atoms. The smallest absolute Gasteiger partial charge is 0.251 e. The van der Waals surface area contributed by atoms with Crippen molar-refractivity contribution in [2.75, 3.05) is 6.54 Å². The number of rotatable bonds is 5. The Hall–Kier alpha value is -2.63. The number of nitrogens with zero attached hydrogens (tertiary/aromatic N) is 1. The van der Waals surface area contributed by atoms with E-state index in [1.165, 1.54) is 0 Å². The topological polar surface area (TPSA) is 84.2 Å². The molecule has 0 spiro atoms. The number of hydrogen-bond donors (Lipinski definition) is 2. The first-order valence-electron chi connectivity index (χ1n) is 6.59. The molecule has 6 heteroatoms. The lowest BCUT2D eigenvalue weighted by atomic mass is 10.2. The highest BCUT2D eigenvalue weighted by Gasteiger charge is 2.11. The van der Waals surface area contributed by atoms with Crippen LogP contribution in [0.15, 0.2) is 34.9 Å². The highest BCUT2D eigenvalue weighted by molar-refractivity contribution is 5.96. The Kier molecular flexibility index (Phi) is 4.71. The summed E-state index contributed by atoms with van der Waals surface area (Å²) in [5, 5.41) is 9.10. The van der Waals surface area contributed by atoms with Gasteiger partial charge in [0, 0.05) is 17.7 Å². The third kappa shape index (κ3) is 3.92. The average molecular weight is 287 g/mol. The highest BCUT2D eigenvalue weighted by atomic mass is 16.5. The fourth-order valence-corrected chi connectivity index (χ4v) is 1.86. The van der Waals surface area contributed by atoms with Crippen molar-refractivity contribution in [2.45, 2.75) is 20.4 Å². The summed E-state index contributed by atoms with van der Waals surface area (Å²) < 4.78 is 5.01. The van der Waals surface area contributed by atoms with Crippen LogP contribution in [0.1, 0.15) is 27.4 Å². The number of hydrogen-bond acceptors (Lipinski definition) is 4. The molecule has 0 radical (unpaired) electrons. The van der Waals surface area contributed by atoms with E-state index >= 15 is 0 Å². The minimum Gasteiger partial charge on any atom is -0.361 e. The van der Waals surface area contributed by atoms with Gasteiger partial charge >= 0.3 is 0 Å². The van der Waals surface area contributed by atoms with Crippen LogP contribution in [0.2, 0.25) is 0 Å². The fraction of sp³-hybridized carbons (Fsp3) is 0.267. The summed E-state index contributed by atoms with van der Waals surface area (Å²) in [7, 11) is 0. The third-order valence-electron chi connectivity index (χ3n) is 3.09. The van der Waals surface area contributed by atoms with Crippen LogP contribution in [0.4, 0.5) is 0 Å². The zero-order chi connectivity index (χ0) is 15.2.